The number of hydrogen-bond acceptors (Lipinski definition) is 7. The summed E-state index contributed by atoms with van der Waals surface area (Å²) in [6, 6.07) is 8.02. The summed E-state index contributed by atoms with van der Waals surface area (Å²) >= 11 is 7.57. The van der Waals surface area contributed by atoms with E-state index in [1.54, 1.807) is 0 Å². The van der Waals surface area contributed by atoms with Crippen molar-refractivity contribution in [1.29, 1.82) is 0 Å². The fourth-order valence-corrected chi connectivity index (χ4v) is 3.78. The fraction of sp³-hybridized carbons (Fsp3) is 0.333. The van der Waals surface area contributed by atoms with Crippen LogP contribution in [0.2, 0.25) is 5.02 Å². The maximum absolute atomic E-state index is 13.4. The predicted molar refractivity (Wildman–Crippen MR) is 103 cm³/mol. The number of nitrogens with zero attached hydrogens (tertiary/aromatic N) is 5. The normalized spacial score (nSPS) is 15.1. The Balaban J connectivity index is 1.37. The molecule has 1 aromatic carbocycles. The predicted octanol–water partition coefficient (Wildman–Crippen LogP) is 4.14. The average Bonchev–Trinajstić information content (AvgIpc) is 3.12. The van der Waals surface area contributed by atoms with Gasteiger partial charge in [-0.2, -0.15) is 0 Å². The van der Waals surface area contributed by atoms with Gasteiger partial charge in [-0.1, -0.05) is 22.9 Å². The van der Waals surface area contributed by atoms with Gasteiger partial charge in [0.25, 0.3) is 0 Å². The third kappa shape index (κ3) is 4.17. The van der Waals surface area contributed by atoms with Gasteiger partial charge in [0.2, 0.25) is 0 Å². The second kappa shape index (κ2) is 7.74. The lowest BCUT2D eigenvalue weighted by Crippen LogP contribution is -2.38. The van der Waals surface area contributed by atoms with Crippen LogP contribution in [-0.2, 0) is 0 Å². The van der Waals surface area contributed by atoms with Gasteiger partial charge in [-0.3, -0.25) is 0 Å². The van der Waals surface area contributed by atoms with Gasteiger partial charge in [0.05, 0.1) is 5.02 Å². The molecule has 0 aliphatic carbocycles. The quantitative estimate of drug-likeness (QED) is 0.649. The van der Waals surface area contributed by atoms with E-state index in [0.717, 1.165) is 47.5 Å². The zero-order valence-electron chi connectivity index (χ0n) is 14.6. The lowest BCUT2D eigenvalue weighted by atomic mass is 10.1. The van der Waals surface area contributed by atoms with E-state index in [-0.39, 0.29) is 11.9 Å². The molecule has 0 N–H and O–H groups in total. The van der Waals surface area contributed by atoms with Crippen molar-refractivity contribution in [2.75, 3.05) is 18.0 Å². The average molecular weight is 406 g/mol. The van der Waals surface area contributed by atoms with E-state index in [1.807, 2.05) is 19.1 Å². The smallest absolute Gasteiger partial charge is 0.168 e. The van der Waals surface area contributed by atoms with E-state index >= 15 is 0 Å². The number of aromatic nitrogens is 4. The molecule has 0 atom stereocenters. The molecule has 1 aliphatic rings. The van der Waals surface area contributed by atoms with Crippen LogP contribution in [-0.4, -0.2) is 39.6 Å². The molecule has 0 unspecified atom stereocenters. The zero-order valence-corrected chi connectivity index (χ0v) is 16.2. The Bertz CT molecular complexity index is 928. The van der Waals surface area contributed by atoms with Crippen LogP contribution in [0, 0.1) is 12.7 Å². The van der Waals surface area contributed by atoms with Gasteiger partial charge >= 0.3 is 0 Å². The molecule has 0 radical (unpaired) electrons. The van der Waals surface area contributed by atoms with E-state index in [9.17, 15) is 4.39 Å². The lowest BCUT2D eigenvalue weighted by Gasteiger charge is -2.32. The van der Waals surface area contributed by atoms with Gasteiger partial charge in [0.15, 0.2) is 10.8 Å². The molecule has 1 fully saturated rings. The maximum Gasteiger partial charge on any atom is 0.168 e. The molecule has 27 heavy (non-hydrogen) atoms. The first-order valence-corrected chi connectivity index (χ1v) is 9.79. The summed E-state index contributed by atoms with van der Waals surface area (Å²) in [5.74, 6) is 0.863. The van der Waals surface area contributed by atoms with Crippen molar-refractivity contribution >= 4 is 28.8 Å². The number of rotatable bonds is 4. The summed E-state index contributed by atoms with van der Waals surface area (Å²) in [4.78, 5) is 2.16. The minimum atomic E-state index is -0.354. The van der Waals surface area contributed by atoms with Gasteiger partial charge in [-0.25, -0.2) is 4.39 Å². The summed E-state index contributed by atoms with van der Waals surface area (Å²) in [6.45, 7) is 3.47. The Morgan fingerprint density at radius 3 is 2.59 bits per heavy atom. The molecular weight excluding hydrogens is 389 g/mol. The van der Waals surface area contributed by atoms with Crippen LogP contribution >= 0.6 is 22.9 Å². The molecule has 0 bridgehead atoms. The van der Waals surface area contributed by atoms with Crippen molar-refractivity contribution < 1.29 is 9.13 Å². The van der Waals surface area contributed by atoms with Crippen LogP contribution in [0.25, 0.3) is 10.7 Å². The van der Waals surface area contributed by atoms with Crippen molar-refractivity contribution in [1.82, 2.24) is 20.4 Å². The van der Waals surface area contributed by atoms with Crippen LogP contribution < -0.4 is 9.64 Å². The van der Waals surface area contributed by atoms with Crippen LogP contribution in [0.3, 0.4) is 0 Å². The third-order valence-electron chi connectivity index (χ3n) is 4.35. The second-order valence-corrected chi connectivity index (χ2v) is 7.87. The molecule has 9 heteroatoms. The summed E-state index contributed by atoms with van der Waals surface area (Å²) in [7, 11) is 0. The van der Waals surface area contributed by atoms with E-state index in [2.05, 4.69) is 25.3 Å². The van der Waals surface area contributed by atoms with Crippen LogP contribution in [0.4, 0.5) is 10.2 Å². The Kier molecular flexibility index (Phi) is 5.18. The number of hydrogen-bond donors (Lipinski definition) is 0. The minimum Gasteiger partial charge on any atom is -0.489 e. The SMILES string of the molecule is Cc1nnc(-c2ccc(N3CCC(Oc4cc(F)ccc4Cl)CC3)nn2)s1. The Hall–Kier alpha value is -2.32. The number of halogens is 2. The number of aryl methyl sites for hydroxylation is 1. The Labute approximate surface area is 165 Å². The summed E-state index contributed by atoms with van der Waals surface area (Å²) in [6.07, 6.45) is 1.59. The third-order valence-corrected chi connectivity index (χ3v) is 5.52. The fourth-order valence-electron chi connectivity index (χ4n) is 2.96. The van der Waals surface area contributed by atoms with Gasteiger partial charge in [0, 0.05) is 32.0 Å². The van der Waals surface area contributed by atoms with Crippen molar-refractivity contribution in [3.8, 4) is 16.5 Å². The lowest BCUT2D eigenvalue weighted by molar-refractivity contribution is 0.170. The molecule has 6 nitrogen and oxygen atoms in total. The molecule has 2 aromatic heterocycles. The first-order valence-electron chi connectivity index (χ1n) is 8.59. The van der Waals surface area contributed by atoms with Crippen molar-refractivity contribution in [3.63, 3.8) is 0 Å². The van der Waals surface area contributed by atoms with E-state index in [4.69, 9.17) is 16.3 Å². The molecule has 0 spiro atoms. The second-order valence-electron chi connectivity index (χ2n) is 6.28. The van der Waals surface area contributed by atoms with Gasteiger partial charge in [-0.15, -0.1) is 20.4 Å². The maximum atomic E-state index is 13.4. The molecule has 4 rings (SSSR count). The molecule has 140 valence electrons. The first kappa shape index (κ1) is 18.1. The topological polar surface area (TPSA) is 64.0 Å². The highest BCUT2D eigenvalue weighted by atomic mass is 35.5. The van der Waals surface area contributed by atoms with Crippen molar-refractivity contribution in [3.05, 3.63) is 46.2 Å². The number of ether oxygens (including phenoxy) is 1. The zero-order chi connectivity index (χ0) is 18.8. The number of piperidine rings is 1. The van der Waals surface area contributed by atoms with Gasteiger partial charge < -0.3 is 9.64 Å². The standard InChI is InChI=1S/C18H17ClFN5OS/c1-11-21-24-18(27-11)15-4-5-17(23-22-15)25-8-6-13(7-9-25)26-16-10-12(20)2-3-14(16)19/h2-5,10,13H,6-9H2,1H3. The largest absolute Gasteiger partial charge is 0.489 e. The highest BCUT2D eigenvalue weighted by Gasteiger charge is 2.23. The molecule has 0 amide bonds. The van der Waals surface area contributed by atoms with Gasteiger partial charge in [-0.05, 0) is 31.2 Å². The van der Waals surface area contributed by atoms with Crippen LogP contribution in [0.15, 0.2) is 30.3 Å². The molecule has 3 aromatic rings. The monoisotopic (exact) mass is 405 g/mol. The minimum absolute atomic E-state index is 0.00264. The Morgan fingerprint density at radius 1 is 1.11 bits per heavy atom. The molecule has 1 saturated heterocycles. The molecule has 0 saturated carbocycles. The highest BCUT2D eigenvalue weighted by Crippen LogP contribution is 2.29. The van der Waals surface area contributed by atoms with E-state index < -0.39 is 0 Å². The molecular formula is C18H17ClFN5OS. The molecule has 3 heterocycles. The summed E-state index contributed by atoms with van der Waals surface area (Å²) in [5, 5.41) is 18.8. The number of benzene rings is 1. The van der Waals surface area contributed by atoms with E-state index in [1.165, 1.54) is 29.5 Å². The Morgan fingerprint density at radius 2 is 1.93 bits per heavy atom. The van der Waals surface area contributed by atoms with Crippen molar-refractivity contribution in [2.45, 2.75) is 25.9 Å². The summed E-state index contributed by atoms with van der Waals surface area (Å²) < 4.78 is 19.3. The highest BCUT2D eigenvalue weighted by molar-refractivity contribution is 7.14. The van der Waals surface area contributed by atoms with Gasteiger partial charge in [0.1, 0.15) is 28.4 Å². The van der Waals surface area contributed by atoms with E-state index in [0.29, 0.717) is 10.8 Å². The van der Waals surface area contributed by atoms with Crippen molar-refractivity contribution in [2.24, 2.45) is 0 Å². The molecule has 1 aliphatic heterocycles. The first-order chi connectivity index (χ1) is 13.1. The summed E-state index contributed by atoms with van der Waals surface area (Å²) in [5.41, 5.74) is 0.725. The van der Waals surface area contributed by atoms with Crippen LogP contribution in [0.1, 0.15) is 17.8 Å². The van der Waals surface area contributed by atoms with Crippen LogP contribution in [0.5, 0.6) is 5.75 Å². The number of anilines is 1.